The molecule has 2 aromatic carbocycles. The van der Waals surface area contributed by atoms with E-state index in [1.165, 1.54) is 31.2 Å². The molecule has 1 saturated carbocycles. The van der Waals surface area contributed by atoms with Crippen molar-refractivity contribution in [2.75, 3.05) is 0 Å². The van der Waals surface area contributed by atoms with E-state index in [1.54, 1.807) is 12.1 Å². The topological polar surface area (TPSA) is 9.23 Å². The van der Waals surface area contributed by atoms with Gasteiger partial charge in [-0.2, -0.15) is 8.78 Å². The number of hydrogen-bond acceptors (Lipinski definition) is 1. The molecular formula is C20H22F2O. The highest BCUT2D eigenvalue weighted by Gasteiger charge is 2.19. The minimum atomic E-state index is -2.78. The first-order chi connectivity index (χ1) is 11.1. The van der Waals surface area contributed by atoms with Gasteiger partial charge in [0.15, 0.2) is 0 Å². The van der Waals surface area contributed by atoms with Gasteiger partial charge in [-0.3, -0.25) is 0 Å². The second-order valence-corrected chi connectivity index (χ2v) is 6.48. The molecule has 0 radical (unpaired) electrons. The average Bonchev–Trinajstić information content (AvgIpc) is 2.56. The zero-order valence-electron chi connectivity index (χ0n) is 13.3. The molecule has 1 aliphatic rings. The van der Waals surface area contributed by atoms with Gasteiger partial charge in [0, 0.05) is 0 Å². The van der Waals surface area contributed by atoms with Crippen molar-refractivity contribution in [3.8, 4) is 16.9 Å². The third-order valence-corrected chi connectivity index (χ3v) is 4.81. The van der Waals surface area contributed by atoms with Crippen molar-refractivity contribution in [1.29, 1.82) is 0 Å². The third-order valence-electron chi connectivity index (χ3n) is 4.81. The fourth-order valence-corrected chi connectivity index (χ4v) is 3.37. The lowest BCUT2D eigenvalue weighted by Crippen LogP contribution is -2.10. The van der Waals surface area contributed by atoms with E-state index in [2.05, 4.69) is 35.9 Å². The van der Waals surface area contributed by atoms with Crippen LogP contribution in [0.2, 0.25) is 0 Å². The first-order valence-corrected chi connectivity index (χ1v) is 8.27. The number of alkyl halides is 2. The Hall–Kier alpha value is -1.90. The lowest BCUT2D eigenvalue weighted by atomic mass is 9.79. The van der Waals surface area contributed by atoms with Crippen molar-refractivity contribution in [1.82, 2.24) is 0 Å². The van der Waals surface area contributed by atoms with Crippen LogP contribution >= 0.6 is 0 Å². The second kappa shape index (κ2) is 7.12. The number of rotatable bonds is 4. The maximum absolute atomic E-state index is 12.2. The predicted octanol–water partition coefficient (Wildman–Crippen LogP) is 6.25. The summed E-state index contributed by atoms with van der Waals surface area (Å²) in [7, 11) is 0. The Kier molecular flexibility index (Phi) is 4.94. The standard InChI is InChI=1S/C20H22F2O/c1-14-2-4-15(5-3-14)16-6-8-17(9-7-16)18-10-12-19(13-11-18)23-20(21)22/h6-15,20H,2-5H2,1H3/t14-,15-. The Bertz CT molecular complexity index is 611. The minimum Gasteiger partial charge on any atom is -0.435 e. The fraction of sp³-hybridized carbons (Fsp3) is 0.400. The average molecular weight is 316 g/mol. The van der Waals surface area contributed by atoms with Crippen LogP contribution in [0.3, 0.4) is 0 Å². The van der Waals surface area contributed by atoms with Crippen LogP contribution in [0.5, 0.6) is 5.75 Å². The van der Waals surface area contributed by atoms with E-state index < -0.39 is 6.61 Å². The molecule has 3 heteroatoms. The number of hydrogen-bond donors (Lipinski definition) is 0. The third kappa shape index (κ3) is 4.10. The molecule has 23 heavy (non-hydrogen) atoms. The van der Waals surface area contributed by atoms with Gasteiger partial charge in [-0.05, 0) is 53.5 Å². The lowest BCUT2D eigenvalue weighted by Gasteiger charge is -2.26. The van der Waals surface area contributed by atoms with E-state index in [-0.39, 0.29) is 5.75 Å². The molecule has 1 fully saturated rings. The SMILES string of the molecule is C[C@H]1CC[C@H](c2ccc(-c3ccc(OC(F)F)cc3)cc2)CC1. The minimum absolute atomic E-state index is 0.191. The van der Waals surface area contributed by atoms with Crippen LogP contribution in [-0.2, 0) is 0 Å². The number of benzene rings is 2. The molecule has 0 aliphatic heterocycles. The maximum atomic E-state index is 12.2. The van der Waals surface area contributed by atoms with Crippen molar-refractivity contribution in [3.05, 3.63) is 54.1 Å². The van der Waals surface area contributed by atoms with Gasteiger partial charge >= 0.3 is 6.61 Å². The van der Waals surface area contributed by atoms with Gasteiger partial charge in [-0.25, -0.2) is 0 Å². The van der Waals surface area contributed by atoms with Crippen molar-refractivity contribution in [2.24, 2.45) is 5.92 Å². The van der Waals surface area contributed by atoms with Gasteiger partial charge in [0.05, 0.1) is 0 Å². The Balaban J connectivity index is 1.69. The summed E-state index contributed by atoms with van der Waals surface area (Å²) < 4.78 is 28.7. The predicted molar refractivity (Wildman–Crippen MR) is 88.9 cm³/mol. The molecule has 1 aliphatic carbocycles. The highest BCUT2D eigenvalue weighted by atomic mass is 19.3. The smallest absolute Gasteiger partial charge is 0.387 e. The molecule has 1 nitrogen and oxygen atoms in total. The van der Waals surface area contributed by atoms with Crippen LogP contribution in [0, 0.1) is 5.92 Å². The highest BCUT2D eigenvalue weighted by Crippen LogP contribution is 2.36. The first-order valence-electron chi connectivity index (χ1n) is 8.27. The van der Waals surface area contributed by atoms with Crippen LogP contribution in [0.4, 0.5) is 8.78 Å². The molecule has 0 spiro atoms. The van der Waals surface area contributed by atoms with Crippen LogP contribution < -0.4 is 4.74 Å². The highest BCUT2D eigenvalue weighted by molar-refractivity contribution is 5.64. The molecule has 122 valence electrons. The van der Waals surface area contributed by atoms with Crippen LogP contribution in [0.15, 0.2) is 48.5 Å². The van der Waals surface area contributed by atoms with Crippen molar-refractivity contribution in [3.63, 3.8) is 0 Å². The summed E-state index contributed by atoms with van der Waals surface area (Å²) in [6, 6.07) is 15.5. The summed E-state index contributed by atoms with van der Waals surface area (Å²) in [6.45, 7) is -0.445. The quantitative estimate of drug-likeness (QED) is 0.648. The summed E-state index contributed by atoms with van der Waals surface area (Å²) >= 11 is 0. The van der Waals surface area contributed by atoms with Gasteiger partial charge < -0.3 is 4.74 Å². The van der Waals surface area contributed by atoms with E-state index >= 15 is 0 Å². The Morgan fingerprint density at radius 3 is 1.87 bits per heavy atom. The van der Waals surface area contributed by atoms with Gasteiger partial charge in [0.25, 0.3) is 0 Å². The van der Waals surface area contributed by atoms with Gasteiger partial charge in [0.2, 0.25) is 0 Å². The van der Waals surface area contributed by atoms with Crippen molar-refractivity contribution < 1.29 is 13.5 Å². The van der Waals surface area contributed by atoms with Gasteiger partial charge in [-0.1, -0.05) is 56.2 Å². The molecule has 0 saturated heterocycles. The molecule has 0 aromatic heterocycles. The fourth-order valence-electron chi connectivity index (χ4n) is 3.37. The Morgan fingerprint density at radius 1 is 0.826 bits per heavy atom. The summed E-state index contributed by atoms with van der Waals surface area (Å²) in [5, 5.41) is 0. The maximum Gasteiger partial charge on any atom is 0.387 e. The van der Waals surface area contributed by atoms with Crippen LogP contribution in [0.1, 0.15) is 44.1 Å². The van der Waals surface area contributed by atoms with E-state index in [0.29, 0.717) is 5.92 Å². The summed E-state index contributed by atoms with van der Waals surface area (Å²) in [6.07, 6.45) is 5.19. The molecule has 0 unspecified atom stereocenters. The van der Waals surface area contributed by atoms with Gasteiger partial charge in [-0.15, -0.1) is 0 Å². The van der Waals surface area contributed by atoms with Crippen LogP contribution in [-0.4, -0.2) is 6.61 Å². The number of halogens is 2. The van der Waals surface area contributed by atoms with Crippen molar-refractivity contribution in [2.45, 2.75) is 45.1 Å². The Morgan fingerprint density at radius 2 is 1.35 bits per heavy atom. The molecule has 2 aromatic rings. The molecule has 0 atom stereocenters. The molecule has 0 amide bonds. The molecule has 0 N–H and O–H groups in total. The van der Waals surface area contributed by atoms with Gasteiger partial charge in [0.1, 0.15) is 5.75 Å². The summed E-state index contributed by atoms with van der Waals surface area (Å²) in [5.74, 6) is 1.73. The first kappa shape index (κ1) is 16.0. The lowest BCUT2D eigenvalue weighted by molar-refractivity contribution is -0.0498. The Labute approximate surface area is 136 Å². The van der Waals surface area contributed by atoms with E-state index in [4.69, 9.17) is 0 Å². The zero-order chi connectivity index (χ0) is 16.2. The van der Waals surface area contributed by atoms with E-state index in [0.717, 1.165) is 17.0 Å². The summed E-state index contributed by atoms with van der Waals surface area (Å²) in [5.41, 5.74) is 3.52. The monoisotopic (exact) mass is 316 g/mol. The van der Waals surface area contributed by atoms with Crippen molar-refractivity contribution >= 4 is 0 Å². The molecule has 0 heterocycles. The normalized spacial score (nSPS) is 21.4. The van der Waals surface area contributed by atoms with E-state index in [1.807, 2.05) is 12.1 Å². The zero-order valence-corrected chi connectivity index (χ0v) is 13.3. The summed E-state index contributed by atoms with van der Waals surface area (Å²) in [4.78, 5) is 0. The number of ether oxygens (including phenoxy) is 1. The molecular weight excluding hydrogens is 294 g/mol. The van der Waals surface area contributed by atoms with E-state index in [9.17, 15) is 8.78 Å². The largest absolute Gasteiger partial charge is 0.435 e. The second-order valence-electron chi connectivity index (χ2n) is 6.48. The molecule has 3 rings (SSSR count). The molecule has 0 bridgehead atoms. The van der Waals surface area contributed by atoms with Crippen LogP contribution in [0.25, 0.3) is 11.1 Å².